The minimum absolute atomic E-state index is 0.0281. The number of ether oxygens (including phenoxy) is 1. The molecule has 118 valence electrons. The van der Waals surface area contributed by atoms with Gasteiger partial charge in [-0.05, 0) is 44.3 Å². The fourth-order valence-electron chi connectivity index (χ4n) is 3.27. The van der Waals surface area contributed by atoms with Gasteiger partial charge in [-0.25, -0.2) is 4.39 Å². The van der Waals surface area contributed by atoms with Crippen molar-refractivity contribution >= 4 is 0 Å². The van der Waals surface area contributed by atoms with Crippen molar-refractivity contribution in [2.75, 3.05) is 26.8 Å². The number of likely N-dealkylation sites (tertiary alicyclic amines) is 1. The number of nitrogens with two attached hydrogens (primary N) is 1. The van der Waals surface area contributed by atoms with Crippen LogP contribution in [0, 0.1) is 11.7 Å². The first-order valence-corrected chi connectivity index (χ1v) is 7.90. The molecule has 1 aliphatic heterocycles. The van der Waals surface area contributed by atoms with Crippen LogP contribution in [0.2, 0.25) is 0 Å². The lowest BCUT2D eigenvalue weighted by Gasteiger charge is -2.40. The van der Waals surface area contributed by atoms with Crippen molar-refractivity contribution in [1.82, 2.24) is 4.90 Å². The standard InChI is InChI=1S/C17H27FN2O/c1-3-16(19)17(14-6-4-5-7-15(14)18)20-10-8-13(9-11-20)12-21-2/h4-7,13,16-17H,3,8-12,19H2,1-2H3. The summed E-state index contributed by atoms with van der Waals surface area (Å²) in [7, 11) is 1.75. The van der Waals surface area contributed by atoms with Crippen LogP contribution in [0.5, 0.6) is 0 Å². The number of benzene rings is 1. The number of methoxy groups -OCH3 is 1. The number of halogens is 1. The largest absolute Gasteiger partial charge is 0.384 e. The second-order valence-electron chi connectivity index (χ2n) is 5.97. The molecular weight excluding hydrogens is 267 g/mol. The van der Waals surface area contributed by atoms with E-state index in [0.29, 0.717) is 5.92 Å². The highest BCUT2D eigenvalue weighted by atomic mass is 19.1. The molecule has 1 aromatic rings. The third kappa shape index (κ3) is 4.02. The summed E-state index contributed by atoms with van der Waals surface area (Å²) in [6, 6.07) is 6.96. The van der Waals surface area contributed by atoms with Crippen LogP contribution in [0.3, 0.4) is 0 Å². The molecule has 1 aromatic carbocycles. The SMILES string of the molecule is CCC(N)C(c1ccccc1F)N1CCC(COC)CC1. The molecular formula is C17H27FN2O. The predicted octanol–water partition coefficient (Wildman–Crippen LogP) is 2.96. The predicted molar refractivity (Wildman–Crippen MR) is 83.6 cm³/mol. The Hall–Kier alpha value is -0.970. The number of piperidine rings is 1. The van der Waals surface area contributed by atoms with Gasteiger partial charge in [0.1, 0.15) is 5.82 Å². The van der Waals surface area contributed by atoms with E-state index in [2.05, 4.69) is 11.8 Å². The fourth-order valence-corrected chi connectivity index (χ4v) is 3.27. The molecule has 0 spiro atoms. The molecule has 1 fully saturated rings. The number of hydrogen-bond acceptors (Lipinski definition) is 3. The highest BCUT2D eigenvalue weighted by Gasteiger charge is 2.30. The van der Waals surface area contributed by atoms with Crippen LogP contribution in [0.1, 0.15) is 37.8 Å². The van der Waals surface area contributed by atoms with Crippen LogP contribution >= 0.6 is 0 Å². The quantitative estimate of drug-likeness (QED) is 0.876. The molecule has 0 saturated carbocycles. The Morgan fingerprint density at radius 1 is 1.33 bits per heavy atom. The molecule has 2 rings (SSSR count). The first-order valence-electron chi connectivity index (χ1n) is 7.90. The molecule has 0 radical (unpaired) electrons. The lowest BCUT2D eigenvalue weighted by molar-refractivity contribution is 0.0704. The Morgan fingerprint density at radius 3 is 2.57 bits per heavy atom. The van der Waals surface area contributed by atoms with Crippen LogP contribution in [0.25, 0.3) is 0 Å². The molecule has 21 heavy (non-hydrogen) atoms. The van der Waals surface area contributed by atoms with Crippen molar-refractivity contribution < 1.29 is 9.13 Å². The van der Waals surface area contributed by atoms with Crippen LogP contribution in [-0.4, -0.2) is 37.7 Å². The van der Waals surface area contributed by atoms with Gasteiger partial charge < -0.3 is 10.5 Å². The Bertz CT molecular complexity index is 433. The van der Waals surface area contributed by atoms with Crippen LogP contribution in [-0.2, 0) is 4.74 Å². The maximum absolute atomic E-state index is 14.2. The minimum atomic E-state index is -0.148. The number of nitrogens with zero attached hydrogens (tertiary/aromatic N) is 1. The maximum atomic E-state index is 14.2. The summed E-state index contributed by atoms with van der Waals surface area (Å²) in [5.74, 6) is 0.468. The summed E-state index contributed by atoms with van der Waals surface area (Å²) in [5.41, 5.74) is 7.04. The molecule has 1 saturated heterocycles. The summed E-state index contributed by atoms with van der Waals surface area (Å²) in [5, 5.41) is 0. The molecule has 0 bridgehead atoms. The molecule has 1 aliphatic rings. The van der Waals surface area contributed by atoms with Gasteiger partial charge in [0, 0.05) is 25.3 Å². The molecule has 2 atom stereocenters. The third-order valence-corrected chi connectivity index (χ3v) is 4.55. The van der Waals surface area contributed by atoms with Crippen molar-refractivity contribution in [3.63, 3.8) is 0 Å². The maximum Gasteiger partial charge on any atom is 0.128 e. The third-order valence-electron chi connectivity index (χ3n) is 4.55. The fraction of sp³-hybridized carbons (Fsp3) is 0.647. The molecule has 3 nitrogen and oxygen atoms in total. The lowest BCUT2D eigenvalue weighted by Crippen LogP contribution is -2.45. The van der Waals surface area contributed by atoms with Crippen molar-refractivity contribution in [2.45, 2.75) is 38.3 Å². The highest BCUT2D eigenvalue weighted by molar-refractivity contribution is 5.23. The number of hydrogen-bond donors (Lipinski definition) is 1. The Balaban J connectivity index is 2.13. The van der Waals surface area contributed by atoms with Gasteiger partial charge in [0.05, 0.1) is 6.04 Å². The topological polar surface area (TPSA) is 38.5 Å². The van der Waals surface area contributed by atoms with E-state index in [-0.39, 0.29) is 17.9 Å². The molecule has 4 heteroatoms. The van der Waals surface area contributed by atoms with E-state index >= 15 is 0 Å². The van der Waals surface area contributed by atoms with Gasteiger partial charge in [0.15, 0.2) is 0 Å². The van der Waals surface area contributed by atoms with Crippen molar-refractivity contribution in [1.29, 1.82) is 0 Å². The average Bonchev–Trinajstić information content (AvgIpc) is 2.51. The van der Waals surface area contributed by atoms with Crippen molar-refractivity contribution in [3.8, 4) is 0 Å². The summed E-state index contributed by atoms with van der Waals surface area (Å²) in [6.45, 7) is 4.80. The van der Waals surface area contributed by atoms with Gasteiger partial charge in [0.25, 0.3) is 0 Å². The van der Waals surface area contributed by atoms with E-state index in [0.717, 1.165) is 44.5 Å². The van der Waals surface area contributed by atoms with Gasteiger partial charge in [-0.3, -0.25) is 4.90 Å². The van der Waals surface area contributed by atoms with Gasteiger partial charge >= 0.3 is 0 Å². The van der Waals surface area contributed by atoms with E-state index in [9.17, 15) is 4.39 Å². The zero-order valence-electron chi connectivity index (χ0n) is 13.1. The molecule has 2 unspecified atom stereocenters. The average molecular weight is 294 g/mol. The Morgan fingerprint density at radius 2 is 2.00 bits per heavy atom. The van der Waals surface area contributed by atoms with Crippen molar-refractivity contribution in [2.24, 2.45) is 11.7 Å². The van der Waals surface area contributed by atoms with Gasteiger partial charge in [-0.1, -0.05) is 25.1 Å². The number of rotatable bonds is 6. The first-order chi connectivity index (χ1) is 10.2. The van der Waals surface area contributed by atoms with E-state index in [1.807, 2.05) is 12.1 Å². The summed E-state index contributed by atoms with van der Waals surface area (Å²) >= 11 is 0. The first kappa shape index (κ1) is 16.4. The van der Waals surface area contributed by atoms with E-state index in [4.69, 9.17) is 10.5 Å². The van der Waals surface area contributed by atoms with Gasteiger partial charge in [-0.2, -0.15) is 0 Å². The van der Waals surface area contributed by atoms with Gasteiger partial charge in [0.2, 0.25) is 0 Å². The van der Waals surface area contributed by atoms with Crippen LogP contribution in [0.15, 0.2) is 24.3 Å². The normalized spacial score (nSPS) is 20.4. The molecule has 1 heterocycles. The summed E-state index contributed by atoms with van der Waals surface area (Å²) in [6.07, 6.45) is 3.03. The Labute approximate surface area is 127 Å². The van der Waals surface area contributed by atoms with Crippen molar-refractivity contribution in [3.05, 3.63) is 35.6 Å². The van der Waals surface area contributed by atoms with E-state index < -0.39 is 0 Å². The molecule has 0 aromatic heterocycles. The monoisotopic (exact) mass is 294 g/mol. The summed E-state index contributed by atoms with van der Waals surface area (Å²) < 4.78 is 19.4. The smallest absolute Gasteiger partial charge is 0.128 e. The molecule has 0 amide bonds. The second-order valence-corrected chi connectivity index (χ2v) is 5.97. The second kappa shape index (κ2) is 7.87. The van der Waals surface area contributed by atoms with Crippen LogP contribution in [0.4, 0.5) is 4.39 Å². The van der Waals surface area contributed by atoms with Gasteiger partial charge in [-0.15, -0.1) is 0 Å². The zero-order valence-corrected chi connectivity index (χ0v) is 13.1. The Kier molecular flexibility index (Phi) is 6.15. The highest BCUT2D eigenvalue weighted by Crippen LogP contribution is 2.31. The minimum Gasteiger partial charge on any atom is -0.384 e. The van der Waals surface area contributed by atoms with E-state index in [1.54, 1.807) is 13.2 Å². The molecule has 2 N–H and O–H groups in total. The lowest BCUT2D eigenvalue weighted by atomic mass is 9.91. The van der Waals surface area contributed by atoms with E-state index in [1.165, 1.54) is 6.07 Å². The van der Waals surface area contributed by atoms with Crippen LogP contribution < -0.4 is 5.73 Å². The zero-order chi connectivity index (χ0) is 15.2. The summed E-state index contributed by atoms with van der Waals surface area (Å²) in [4.78, 5) is 2.35. The molecule has 0 aliphatic carbocycles.